The Hall–Kier alpha value is -1.99. The largest absolute Gasteiger partial charge is 0.480 e. The van der Waals surface area contributed by atoms with E-state index in [-0.39, 0.29) is 19.3 Å². The molecule has 0 aromatic heterocycles. The second-order valence-corrected chi connectivity index (χ2v) is 8.38. The minimum Gasteiger partial charge on any atom is -0.480 e. The fourth-order valence-electron chi connectivity index (χ4n) is 2.24. The van der Waals surface area contributed by atoms with Crippen molar-refractivity contribution in [2.45, 2.75) is 43.8 Å². The number of carboxylic acid groups (broad SMARTS) is 1. The summed E-state index contributed by atoms with van der Waals surface area (Å²) in [6, 6.07) is -2.99. The van der Waals surface area contributed by atoms with E-state index in [2.05, 4.69) is 16.0 Å². The summed E-state index contributed by atoms with van der Waals surface area (Å²) in [5.41, 5.74) is 10.6. The van der Waals surface area contributed by atoms with Crippen LogP contribution in [0.1, 0.15) is 25.7 Å². The summed E-state index contributed by atoms with van der Waals surface area (Å²) < 4.78 is 0. The molecule has 0 aliphatic carbocycles. The van der Waals surface area contributed by atoms with E-state index in [4.69, 9.17) is 11.5 Å². The molecule has 0 bridgehead atoms. The molecule has 0 fully saturated rings. The van der Waals surface area contributed by atoms with Crippen molar-refractivity contribution < 1.29 is 29.1 Å². The van der Waals surface area contributed by atoms with Crippen LogP contribution in [-0.2, 0) is 24.0 Å². The molecule has 172 valence electrons. The SMILES string of the molecule is CSCCC(NC(=O)C(CCSC)NC(=O)CNC(=O)C(N)CCC(N)=O)C(=O)O. The van der Waals surface area contributed by atoms with E-state index < -0.39 is 54.3 Å². The van der Waals surface area contributed by atoms with Gasteiger partial charge in [0, 0.05) is 6.42 Å². The molecule has 0 aliphatic rings. The zero-order valence-corrected chi connectivity index (χ0v) is 18.8. The molecular weight excluding hydrogens is 434 g/mol. The molecule has 13 heteroatoms. The molecule has 4 amide bonds. The average molecular weight is 466 g/mol. The Morgan fingerprint density at radius 1 is 0.900 bits per heavy atom. The molecule has 0 heterocycles. The van der Waals surface area contributed by atoms with Crippen LogP contribution in [0.25, 0.3) is 0 Å². The zero-order chi connectivity index (χ0) is 23.1. The number of thioether (sulfide) groups is 2. The van der Waals surface area contributed by atoms with Gasteiger partial charge in [0.2, 0.25) is 23.6 Å². The number of hydrogen-bond donors (Lipinski definition) is 6. The first-order valence-corrected chi connectivity index (χ1v) is 12.0. The van der Waals surface area contributed by atoms with Crippen molar-refractivity contribution in [1.29, 1.82) is 0 Å². The summed E-state index contributed by atoms with van der Waals surface area (Å²) in [6.45, 7) is -0.416. The minimum atomic E-state index is -1.15. The molecule has 3 atom stereocenters. The lowest BCUT2D eigenvalue weighted by Crippen LogP contribution is -2.54. The molecule has 30 heavy (non-hydrogen) atoms. The van der Waals surface area contributed by atoms with E-state index in [1.807, 2.05) is 12.5 Å². The number of rotatable bonds is 16. The second-order valence-electron chi connectivity index (χ2n) is 6.41. The fraction of sp³-hybridized carbons (Fsp3) is 0.706. The van der Waals surface area contributed by atoms with Crippen LogP contribution in [-0.4, -0.2) is 83.4 Å². The average Bonchev–Trinajstić information content (AvgIpc) is 2.69. The van der Waals surface area contributed by atoms with E-state index in [0.717, 1.165) is 0 Å². The molecular formula is C17H31N5O6S2. The van der Waals surface area contributed by atoms with Gasteiger partial charge < -0.3 is 32.5 Å². The van der Waals surface area contributed by atoms with Crippen LogP contribution in [0.4, 0.5) is 0 Å². The minimum absolute atomic E-state index is 0.0498. The topological polar surface area (TPSA) is 194 Å². The normalized spacial score (nSPS) is 13.6. The number of nitrogens with two attached hydrogens (primary N) is 2. The molecule has 11 nitrogen and oxygen atoms in total. The van der Waals surface area contributed by atoms with E-state index >= 15 is 0 Å². The third kappa shape index (κ3) is 12.5. The van der Waals surface area contributed by atoms with Crippen LogP contribution in [0.3, 0.4) is 0 Å². The Morgan fingerprint density at radius 2 is 1.47 bits per heavy atom. The van der Waals surface area contributed by atoms with Crippen molar-refractivity contribution in [3.05, 3.63) is 0 Å². The molecule has 0 aliphatic heterocycles. The van der Waals surface area contributed by atoms with Gasteiger partial charge in [-0.15, -0.1) is 0 Å². The molecule has 0 aromatic rings. The first-order chi connectivity index (χ1) is 14.1. The van der Waals surface area contributed by atoms with Crippen LogP contribution < -0.4 is 27.4 Å². The van der Waals surface area contributed by atoms with Gasteiger partial charge in [0.15, 0.2) is 0 Å². The molecule has 3 unspecified atom stereocenters. The highest BCUT2D eigenvalue weighted by Crippen LogP contribution is 2.05. The van der Waals surface area contributed by atoms with E-state index in [9.17, 15) is 29.1 Å². The maximum Gasteiger partial charge on any atom is 0.326 e. The molecule has 0 spiro atoms. The van der Waals surface area contributed by atoms with Crippen molar-refractivity contribution in [2.24, 2.45) is 11.5 Å². The van der Waals surface area contributed by atoms with Gasteiger partial charge in [-0.3, -0.25) is 19.2 Å². The monoisotopic (exact) mass is 465 g/mol. The van der Waals surface area contributed by atoms with E-state index in [1.54, 1.807) is 0 Å². The number of nitrogens with one attached hydrogen (secondary N) is 3. The van der Waals surface area contributed by atoms with Crippen LogP contribution in [0.5, 0.6) is 0 Å². The van der Waals surface area contributed by atoms with Gasteiger partial charge in [-0.2, -0.15) is 23.5 Å². The number of carboxylic acids is 1. The Balaban J connectivity index is 4.76. The van der Waals surface area contributed by atoms with Crippen LogP contribution in [0, 0.1) is 0 Å². The van der Waals surface area contributed by atoms with Crippen molar-refractivity contribution in [1.82, 2.24) is 16.0 Å². The third-order valence-electron chi connectivity index (χ3n) is 3.95. The fourth-order valence-corrected chi connectivity index (χ4v) is 3.19. The van der Waals surface area contributed by atoms with Gasteiger partial charge in [-0.1, -0.05) is 0 Å². The molecule has 0 radical (unpaired) electrons. The molecule has 0 aromatic carbocycles. The first kappa shape index (κ1) is 28.0. The van der Waals surface area contributed by atoms with Crippen molar-refractivity contribution in [3.63, 3.8) is 0 Å². The highest BCUT2D eigenvalue weighted by molar-refractivity contribution is 7.98. The number of hydrogen-bond acceptors (Lipinski definition) is 8. The van der Waals surface area contributed by atoms with Gasteiger partial charge in [-0.05, 0) is 43.3 Å². The molecule has 0 saturated heterocycles. The van der Waals surface area contributed by atoms with Gasteiger partial charge in [0.05, 0.1) is 12.6 Å². The first-order valence-electron chi connectivity index (χ1n) is 9.24. The third-order valence-corrected chi connectivity index (χ3v) is 5.24. The predicted octanol–water partition coefficient (Wildman–Crippen LogP) is -1.74. The summed E-state index contributed by atoms with van der Waals surface area (Å²) in [5, 5.41) is 16.5. The summed E-state index contributed by atoms with van der Waals surface area (Å²) >= 11 is 2.93. The lowest BCUT2D eigenvalue weighted by Gasteiger charge is -2.21. The second kappa shape index (κ2) is 15.8. The van der Waals surface area contributed by atoms with Crippen LogP contribution in [0.2, 0.25) is 0 Å². The van der Waals surface area contributed by atoms with Gasteiger partial charge in [0.1, 0.15) is 12.1 Å². The number of aliphatic carboxylic acids is 1. The summed E-state index contributed by atoms with van der Waals surface area (Å²) in [7, 11) is 0. The Kier molecular flexibility index (Phi) is 14.7. The van der Waals surface area contributed by atoms with Gasteiger partial charge in [0.25, 0.3) is 0 Å². The van der Waals surface area contributed by atoms with Crippen LogP contribution in [0.15, 0.2) is 0 Å². The maximum absolute atomic E-state index is 12.5. The lowest BCUT2D eigenvalue weighted by molar-refractivity contribution is -0.142. The quantitative estimate of drug-likeness (QED) is 0.153. The van der Waals surface area contributed by atoms with Crippen molar-refractivity contribution in [2.75, 3.05) is 30.6 Å². The number of amides is 4. The van der Waals surface area contributed by atoms with Crippen molar-refractivity contribution in [3.8, 4) is 0 Å². The maximum atomic E-state index is 12.5. The number of primary amides is 1. The zero-order valence-electron chi connectivity index (χ0n) is 17.1. The highest BCUT2D eigenvalue weighted by Gasteiger charge is 2.26. The molecule has 0 rings (SSSR count). The smallest absolute Gasteiger partial charge is 0.326 e. The summed E-state index contributed by atoms with van der Waals surface area (Å²) in [4.78, 5) is 58.6. The predicted molar refractivity (Wildman–Crippen MR) is 117 cm³/mol. The Morgan fingerprint density at radius 3 is 1.97 bits per heavy atom. The van der Waals surface area contributed by atoms with Crippen LogP contribution >= 0.6 is 23.5 Å². The highest BCUT2D eigenvalue weighted by atomic mass is 32.2. The Labute approximate surface area is 184 Å². The molecule has 0 saturated carbocycles. The number of carbonyl (C=O) groups is 5. The van der Waals surface area contributed by atoms with Crippen molar-refractivity contribution >= 4 is 53.1 Å². The van der Waals surface area contributed by atoms with Gasteiger partial charge >= 0.3 is 5.97 Å². The molecule has 8 N–H and O–H groups in total. The standard InChI is InChI=1S/C17H31N5O6S2/c1-29-7-5-11(16(26)22-12(17(27)28)6-8-30-2)21-14(24)9-20-15(25)10(18)3-4-13(19)23/h10-12H,3-9,18H2,1-2H3,(H2,19,23)(H,20,25)(H,21,24)(H,22,26)(H,27,28). The van der Waals surface area contributed by atoms with E-state index in [0.29, 0.717) is 17.9 Å². The summed E-state index contributed by atoms with van der Waals surface area (Å²) in [5.74, 6) is -2.47. The number of carbonyl (C=O) groups excluding carboxylic acids is 4. The van der Waals surface area contributed by atoms with E-state index in [1.165, 1.54) is 23.5 Å². The summed E-state index contributed by atoms with van der Waals surface area (Å²) in [6.07, 6.45) is 4.21. The Bertz CT molecular complexity index is 607. The van der Waals surface area contributed by atoms with Gasteiger partial charge in [-0.25, -0.2) is 4.79 Å². The lowest BCUT2D eigenvalue weighted by atomic mass is 10.1.